The molecule has 0 aliphatic rings. The Bertz CT molecular complexity index is 820. The number of nitrogens with one attached hydrogen (secondary N) is 3. The van der Waals surface area contributed by atoms with Crippen LogP contribution in [0.3, 0.4) is 0 Å². The molecule has 0 spiro atoms. The summed E-state index contributed by atoms with van der Waals surface area (Å²) in [4.78, 5) is 24.2. The largest absolute Gasteiger partial charge is 0.494 e. The Hall–Kier alpha value is -2.93. The molecular formula is C22H27N3O3S. The zero-order chi connectivity index (χ0) is 21.1. The normalized spacial score (nSPS) is 10.1. The van der Waals surface area contributed by atoms with Gasteiger partial charge in [0.1, 0.15) is 5.75 Å². The fraction of sp³-hybridized carbons (Fsp3) is 0.318. The molecule has 6 nitrogen and oxygen atoms in total. The van der Waals surface area contributed by atoms with Crippen molar-refractivity contribution >= 4 is 34.8 Å². The first-order valence-electron chi connectivity index (χ1n) is 9.77. The van der Waals surface area contributed by atoms with Crippen LogP contribution in [0.5, 0.6) is 5.75 Å². The molecule has 0 radical (unpaired) electrons. The van der Waals surface area contributed by atoms with E-state index in [0.717, 1.165) is 25.0 Å². The van der Waals surface area contributed by atoms with Crippen molar-refractivity contribution in [1.82, 2.24) is 10.6 Å². The van der Waals surface area contributed by atoms with Crippen LogP contribution in [0, 0.1) is 0 Å². The maximum atomic E-state index is 12.3. The van der Waals surface area contributed by atoms with Gasteiger partial charge in [0.15, 0.2) is 5.11 Å². The highest BCUT2D eigenvalue weighted by Gasteiger charge is 2.09. The Kier molecular flexibility index (Phi) is 9.11. The van der Waals surface area contributed by atoms with Crippen LogP contribution in [0.1, 0.15) is 53.8 Å². The van der Waals surface area contributed by atoms with Crippen LogP contribution in [0.25, 0.3) is 0 Å². The molecule has 0 saturated heterocycles. The molecule has 2 amide bonds. The van der Waals surface area contributed by atoms with Gasteiger partial charge in [0.25, 0.3) is 11.8 Å². The van der Waals surface area contributed by atoms with Gasteiger partial charge in [0, 0.05) is 23.4 Å². The third kappa shape index (κ3) is 7.54. The van der Waals surface area contributed by atoms with Crippen molar-refractivity contribution < 1.29 is 14.3 Å². The molecule has 2 aromatic carbocycles. The lowest BCUT2D eigenvalue weighted by molar-refractivity contribution is 0.0951. The number of ether oxygens (including phenoxy) is 1. The highest BCUT2D eigenvalue weighted by molar-refractivity contribution is 7.80. The summed E-state index contributed by atoms with van der Waals surface area (Å²) in [5, 5.41) is 8.59. The average molecular weight is 414 g/mol. The third-order valence-corrected chi connectivity index (χ3v) is 4.25. The number of carbonyl (C=O) groups is 2. The number of thiocarbonyl (C=S) groups is 1. The Balaban J connectivity index is 1.85. The molecule has 2 aromatic rings. The molecule has 0 aliphatic carbocycles. The summed E-state index contributed by atoms with van der Waals surface area (Å²) in [6, 6.07) is 13.8. The minimum Gasteiger partial charge on any atom is -0.494 e. The van der Waals surface area contributed by atoms with Crippen LogP contribution in [-0.4, -0.2) is 30.1 Å². The first-order valence-corrected chi connectivity index (χ1v) is 10.2. The quantitative estimate of drug-likeness (QED) is 0.425. The third-order valence-electron chi connectivity index (χ3n) is 4.05. The molecule has 0 aliphatic heterocycles. The Morgan fingerprint density at radius 2 is 1.52 bits per heavy atom. The van der Waals surface area contributed by atoms with E-state index >= 15 is 0 Å². The van der Waals surface area contributed by atoms with E-state index < -0.39 is 0 Å². The van der Waals surface area contributed by atoms with Crippen molar-refractivity contribution in [2.24, 2.45) is 0 Å². The van der Waals surface area contributed by atoms with Gasteiger partial charge in [-0.1, -0.05) is 20.3 Å². The maximum Gasteiger partial charge on any atom is 0.257 e. The summed E-state index contributed by atoms with van der Waals surface area (Å²) in [7, 11) is 0. The zero-order valence-corrected chi connectivity index (χ0v) is 17.6. The summed E-state index contributed by atoms with van der Waals surface area (Å²) < 4.78 is 5.59. The van der Waals surface area contributed by atoms with Crippen molar-refractivity contribution in [2.75, 3.05) is 18.5 Å². The van der Waals surface area contributed by atoms with Gasteiger partial charge in [-0.15, -0.1) is 0 Å². The van der Waals surface area contributed by atoms with Crippen molar-refractivity contribution in [1.29, 1.82) is 0 Å². The number of rotatable bonds is 9. The van der Waals surface area contributed by atoms with Crippen molar-refractivity contribution in [3.05, 3.63) is 59.7 Å². The smallest absolute Gasteiger partial charge is 0.257 e. The number of hydrogen-bond donors (Lipinski definition) is 3. The van der Waals surface area contributed by atoms with E-state index in [9.17, 15) is 9.59 Å². The Morgan fingerprint density at radius 1 is 0.897 bits per heavy atom. The minimum atomic E-state index is -0.307. The molecule has 29 heavy (non-hydrogen) atoms. The van der Waals surface area contributed by atoms with E-state index in [0.29, 0.717) is 30.0 Å². The van der Waals surface area contributed by atoms with Crippen molar-refractivity contribution in [2.45, 2.75) is 33.1 Å². The lowest BCUT2D eigenvalue weighted by Crippen LogP contribution is -2.34. The lowest BCUT2D eigenvalue weighted by atomic mass is 10.2. The second-order valence-electron chi connectivity index (χ2n) is 6.47. The van der Waals surface area contributed by atoms with Crippen LogP contribution >= 0.6 is 12.2 Å². The molecule has 0 fully saturated rings. The fourth-order valence-electron chi connectivity index (χ4n) is 2.42. The highest BCUT2D eigenvalue weighted by Crippen LogP contribution is 2.13. The van der Waals surface area contributed by atoms with Gasteiger partial charge in [-0.3, -0.25) is 14.9 Å². The van der Waals surface area contributed by atoms with Crippen LogP contribution < -0.4 is 20.7 Å². The Labute approximate surface area is 177 Å². The van der Waals surface area contributed by atoms with Gasteiger partial charge in [-0.25, -0.2) is 0 Å². The number of hydrogen-bond acceptors (Lipinski definition) is 4. The van der Waals surface area contributed by atoms with E-state index in [1.807, 2.05) is 6.92 Å². The summed E-state index contributed by atoms with van der Waals surface area (Å²) in [6.07, 6.45) is 2.94. The first-order chi connectivity index (χ1) is 14.0. The summed E-state index contributed by atoms with van der Waals surface area (Å²) in [5.41, 5.74) is 1.74. The Morgan fingerprint density at radius 3 is 2.14 bits per heavy atom. The van der Waals surface area contributed by atoms with E-state index in [-0.39, 0.29) is 16.9 Å². The summed E-state index contributed by atoms with van der Waals surface area (Å²) >= 11 is 5.20. The van der Waals surface area contributed by atoms with Crippen molar-refractivity contribution in [3.63, 3.8) is 0 Å². The second kappa shape index (κ2) is 11.8. The molecule has 0 atom stereocenters. The van der Waals surface area contributed by atoms with Gasteiger partial charge in [-0.05, 0) is 73.6 Å². The molecular weight excluding hydrogens is 386 g/mol. The van der Waals surface area contributed by atoms with E-state index in [1.165, 1.54) is 0 Å². The van der Waals surface area contributed by atoms with E-state index in [4.69, 9.17) is 17.0 Å². The SMILES string of the molecule is CCCCOc1ccc(C(=O)NC(=S)Nc2ccc(C(=O)NCCC)cc2)cc1. The van der Waals surface area contributed by atoms with Crippen LogP contribution in [0.2, 0.25) is 0 Å². The van der Waals surface area contributed by atoms with Gasteiger partial charge in [0.05, 0.1) is 6.61 Å². The molecule has 3 N–H and O–H groups in total. The lowest BCUT2D eigenvalue weighted by Gasteiger charge is -2.11. The number of unbranched alkanes of at least 4 members (excludes halogenated alkanes) is 1. The first kappa shape index (κ1) is 22.4. The monoisotopic (exact) mass is 413 g/mol. The number of carbonyl (C=O) groups excluding carboxylic acids is 2. The van der Waals surface area contributed by atoms with E-state index in [2.05, 4.69) is 22.9 Å². The number of amides is 2. The maximum absolute atomic E-state index is 12.3. The summed E-state index contributed by atoms with van der Waals surface area (Å²) in [6.45, 7) is 5.40. The molecule has 154 valence electrons. The molecule has 0 aromatic heterocycles. The van der Waals surface area contributed by atoms with Crippen LogP contribution in [-0.2, 0) is 0 Å². The van der Waals surface area contributed by atoms with Crippen LogP contribution in [0.4, 0.5) is 5.69 Å². The van der Waals surface area contributed by atoms with Crippen LogP contribution in [0.15, 0.2) is 48.5 Å². The van der Waals surface area contributed by atoms with Crippen molar-refractivity contribution in [3.8, 4) is 5.75 Å². The molecule has 0 heterocycles. The predicted octanol–water partition coefficient (Wildman–Crippen LogP) is 4.13. The molecule has 2 rings (SSSR count). The molecule has 0 saturated carbocycles. The molecule has 0 bridgehead atoms. The molecule has 0 unspecified atom stereocenters. The average Bonchev–Trinajstić information content (AvgIpc) is 2.73. The standard InChI is InChI=1S/C22H27N3O3S/c1-3-5-15-28-19-12-8-17(9-13-19)21(27)25-22(29)24-18-10-6-16(7-11-18)20(26)23-14-4-2/h6-13H,3-5,14-15H2,1-2H3,(H,23,26)(H2,24,25,27,29). The predicted molar refractivity (Wildman–Crippen MR) is 120 cm³/mol. The topological polar surface area (TPSA) is 79.5 Å². The van der Waals surface area contributed by atoms with Gasteiger partial charge >= 0.3 is 0 Å². The highest BCUT2D eigenvalue weighted by atomic mass is 32.1. The van der Waals surface area contributed by atoms with Gasteiger partial charge in [0.2, 0.25) is 0 Å². The fourth-order valence-corrected chi connectivity index (χ4v) is 2.63. The number of anilines is 1. The minimum absolute atomic E-state index is 0.114. The summed E-state index contributed by atoms with van der Waals surface area (Å²) in [5.74, 6) is 0.313. The van der Waals surface area contributed by atoms with Gasteiger partial charge < -0.3 is 15.4 Å². The molecule has 7 heteroatoms. The zero-order valence-electron chi connectivity index (χ0n) is 16.8. The second-order valence-corrected chi connectivity index (χ2v) is 6.88. The van der Waals surface area contributed by atoms with E-state index in [1.54, 1.807) is 48.5 Å². The number of benzene rings is 2. The van der Waals surface area contributed by atoms with Gasteiger partial charge in [-0.2, -0.15) is 0 Å².